The third-order valence-corrected chi connectivity index (χ3v) is 3.26. The standard InChI is InChI=1S/C16H24O/c1-10(2)14-8-7-13(9-17)15(11(3)4)16(14)12(5)6/h7-12H,1-6H3. The van der Waals surface area contributed by atoms with Crippen molar-refractivity contribution in [2.24, 2.45) is 0 Å². The highest BCUT2D eigenvalue weighted by Crippen LogP contribution is 2.34. The molecule has 0 aliphatic rings. The van der Waals surface area contributed by atoms with Crippen LogP contribution in [0.15, 0.2) is 12.1 Å². The molecule has 0 bridgehead atoms. The maximum atomic E-state index is 11.2. The molecule has 17 heavy (non-hydrogen) atoms. The molecule has 1 aromatic rings. The van der Waals surface area contributed by atoms with Gasteiger partial charge in [0.2, 0.25) is 0 Å². The summed E-state index contributed by atoms with van der Waals surface area (Å²) in [6, 6.07) is 4.10. The van der Waals surface area contributed by atoms with Crippen LogP contribution in [0.1, 0.15) is 86.3 Å². The molecule has 1 aromatic carbocycles. The van der Waals surface area contributed by atoms with E-state index in [1.165, 1.54) is 16.7 Å². The van der Waals surface area contributed by atoms with Crippen LogP contribution in [0.5, 0.6) is 0 Å². The molecule has 1 heteroatoms. The van der Waals surface area contributed by atoms with E-state index in [-0.39, 0.29) is 0 Å². The molecule has 0 aromatic heterocycles. The van der Waals surface area contributed by atoms with Crippen LogP contribution in [0.3, 0.4) is 0 Å². The third kappa shape index (κ3) is 2.77. The molecule has 0 fully saturated rings. The fraction of sp³-hybridized carbons (Fsp3) is 0.562. The van der Waals surface area contributed by atoms with Gasteiger partial charge in [-0.1, -0.05) is 53.7 Å². The molecule has 0 heterocycles. The summed E-state index contributed by atoms with van der Waals surface area (Å²) in [4.78, 5) is 11.2. The molecule has 0 aliphatic heterocycles. The Morgan fingerprint density at radius 1 is 0.824 bits per heavy atom. The van der Waals surface area contributed by atoms with E-state index in [9.17, 15) is 4.79 Å². The van der Waals surface area contributed by atoms with Crippen molar-refractivity contribution in [1.29, 1.82) is 0 Å². The van der Waals surface area contributed by atoms with Crippen LogP contribution in [0.4, 0.5) is 0 Å². The second-order valence-corrected chi connectivity index (χ2v) is 5.65. The lowest BCUT2D eigenvalue weighted by atomic mass is 9.81. The normalized spacial score (nSPS) is 11.6. The van der Waals surface area contributed by atoms with Crippen molar-refractivity contribution in [3.05, 3.63) is 34.4 Å². The first-order chi connectivity index (χ1) is 7.90. The third-order valence-electron chi connectivity index (χ3n) is 3.26. The second-order valence-electron chi connectivity index (χ2n) is 5.65. The topological polar surface area (TPSA) is 17.1 Å². The lowest BCUT2D eigenvalue weighted by Crippen LogP contribution is -2.08. The molecule has 0 saturated carbocycles. The van der Waals surface area contributed by atoms with Gasteiger partial charge in [0.1, 0.15) is 6.29 Å². The summed E-state index contributed by atoms with van der Waals surface area (Å²) < 4.78 is 0. The monoisotopic (exact) mass is 232 g/mol. The highest BCUT2D eigenvalue weighted by atomic mass is 16.1. The van der Waals surface area contributed by atoms with Crippen LogP contribution < -0.4 is 0 Å². The molecule has 0 amide bonds. The molecule has 0 aliphatic carbocycles. The summed E-state index contributed by atoms with van der Waals surface area (Å²) >= 11 is 0. The molecule has 94 valence electrons. The van der Waals surface area contributed by atoms with Crippen molar-refractivity contribution in [2.75, 3.05) is 0 Å². The molecule has 1 rings (SSSR count). The van der Waals surface area contributed by atoms with E-state index in [2.05, 4.69) is 47.6 Å². The summed E-state index contributed by atoms with van der Waals surface area (Å²) in [7, 11) is 0. The van der Waals surface area contributed by atoms with Crippen LogP contribution in [-0.2, 0) is 0 Å². The van der Waals surface area contributed by atoms with Crippen LogP contribution in [0, 0.1) is 0 Å². The number of carbonyl (C=O) groups is 1. The first kappa shape index (κ1) is 14.0. The summed E-state index contributed by atoms with van der Waals surface area (Å²) in [5, 5.41) is 0. The Labute approximate surface area is 105 Å². The Morgan fingerprint density at radius 2 is 1.35 bits per heavy atom. The summed E-state index contributed by atoms with van der Waals surface area (Å²) in [6.45, 7) is 13.2. The molecule has 1 nitrogen and oxygen atoms in total. The maximum Gasteiger partial charge on any atom is 0.150 e. The first-order valence-corrected chi connectivity index (χ1v) is 6.52. The molecule has 0 unspecified atom stereocenters. The predicted molar refractivity (Wildman–Crippen MR) is 74.1 cm³/mol. The van der Waals surface area contributed by atoms with Crippen LogP contribution in [0.25, 0.3) is 0 Å². The number of rotatable bonds is 4. The molecule has 0 saturated heterocycles. The van der Waals surface area contributed by atoms with Crippen LogP contribution in [-0.4, -0.2) is 6.29 Å². The van der Waals surface area contributed by atoms with Crippen molar-refractivity contribution >= 4 is 6.29 Å². The van der Waals surface area contributed by atoms with Gasteiger partial charge in [-0.2, -0.15) is 0 Å². The number of benzene rings is 1. The van der Waals surface area contributed by atoms with Gasteiger partial charge in [-0.3, -0.25) is 4.79 Å². The Balaban J connectivity index is 3.59. The minimum atomic E-state index is 0.395. The van der Waals surface area contributed by atoms with Crippen molar-refractivity contribution in [1.82, 2.24) is 0 Å². The zero-order valence-corrected chi connectivity index (χ0v) is 11.9. The van der Waals surface area contributed by atoms with Gasteiger partial charge in [0.05, 0.1) is 0 Å². The quantitative estimate of drug-likeness (QED) is 0.677. The Morgan fingerprint density at radius 3 is 1.71 bits per heavy atom. The largest absolute Gasteiger partial charge is 0.298 e. The Kier molecular flexibility index (Phi) is 4.50. The number of hydrogen-bond acceptors (Lipinski definition) is 1. The van der Waals surface area contributed by atoms with E-state index in [1.807, 2.05) is 6.07 Å². The molecule has 0 radical (unpaired) electrons. The molecule has 0 N–H and O–H groups in total. The number of carbonyl (C=O) groups excluding carboxylic acids is 1. The van der Waals surface area contributed by atoms with Crippen molar-refractivity contribution in [3.63, 3.8) is 0 Å². The predicted octanol–water partition coefficient (Wildman–Crippen LogP) is 4.87. The van der Waals surface area contributed by atoms with Gasteiger partial charge in [0.15, 0.2) is 0 Å². The highest BCUT2D eigenvalue weighted by Gasteiger charge is 2.19. The minimum Gasteiger partial charge on any atom is -0.298 e. The summed E-state index contributed by atoms with van der Waals surface area (Å²) in [5.41, 5.74) is 4.85. The number of hydrogen-bond donors (Lipinski definition) is 0. The Hall–Kier alpha value is -1.11. The van der Waals surface area contributed by atoms with E-state index < -0.39 is 0 Å². The SMILES string of the molecule is CC(C)c1ccc(C=O)c(C(C)C)c1C(C)C. The molecular formula is C16H24O. The van der Waals surface area contributed by atoms with Gasteiger partial charge in [0, 0.05) is 5.56 Å². The average molecular weight is 232 g/mol. The maximum absolute atomic E-state index is 11.2. The van der Waals surface area contributed by atoms with Gasteiger partial charge in [-0.05, 0) is 34.4 Å². The first-order valence-electron chi connectivity index (χ1n) is 6.52. The fourth-order valence-corrected chi connectivity index (χ4v) is 2.57. The second kappa shape index (κ2) is 5.48. The van der Waals surface area contributed by atoms with E-state index in [1.54, 1.807) is 0 Å². The average Bonchev–Trinajstić information content (AvgIpc) is 2.26. The van der Waals surface area contributed by atoms with E-state index >= 15 is 0 Å². The van der Waals surface area contributed by atoms with Crippen molar-refractivity contribution in [2.45, 2.75) is 59.3 Å². The van der Waals surface area contributed by atoms with Crippen LogP contribution in [0.2, 0.25) is 0 Å². The summed E-state index contributed by atoms with van der Waals surface area (Å²) in [6.07, 6.45) is 0.991. The van der Waals surface area contributed by atoms with E-state index in [4.69, 9.17) is 0 Å². The van der Waals surface area contributed by atoms with Crippen molar-refractivity contribution < 1.29 is 4.79 Å². The summed E-state index contributed by atoms with van der Waals surface area (Å²) in [5.74, 6) is 1.36. The zero-order valence-electron chi connectivity index (χ0n) is 11.9. The van der Waals surface area contributed by atoms with Gasteiger partial charge in [0.25, 0.3) is 0 Å². The van der Waals surface area contributed by atoms with Gasteiger partial charge < -0.3 is 0 Å². The lowest BCUT2D eigenvalue weighted by molar-refractivity contribution is 0.112. The highest BCUT2D eigenvalue weighted by molar-refractivity contribution is 5.79. The zero-order chi connectivity index (χ0) is 13.2. The molecule has 0 atom stereocenters. The van der Waals surface area contributed by atoms with Crippen molar-refractivity contribution in [3.8, 4) is 0 Å². The Bertz CT molecular complexity index is 400. The van der Waals surface area contributed by atoms with Gasteiger partial charge >= 0.3 is 0 Å². The minimum absolute atomic E-state index is 0.395. The fourth-order valence-electron chi connectivity index (χ4n) is 2.57. The van der Waals surface area contributed by atoms with E-state index in [0.29, 0.717) is 17.8 Å². The van der Waals surface area contributed by atoms with E-state index in [0.717, 1.165) is 11.8 Å². The van der Waals surface area contributed by atoms with Gasteiger partial charge in [-0.15, -0.1) is 0 Å². The van der Waals surface area contributed by atoms with Crippen LogP contribution >= 0.6 is 0 Å². The molecule has 0 spiro atoms. The molecular weight excluding hydrogens is 208 g/mol. The number of aldehydes is 1. The smallest absolute Gasteiger partial charge is 0.150 e. The lowest BCUT2D eigenvalue weighted by Gasteiger charge is -2.24. The van der Waals surface area contributed by atoms with Gasteiger partial charge in [-0.25, -0.2) is 0 Å².